The standard InChI is InChI=1S/C29H32BFN4O3S/c1-7-19-15-24(27(36)34-12-10-25-20(17(34)2)11-13-39-25)32-26-16-23(33-35(19)26)21-9-8-18(14-22(21)31)30-37-28(3,4)29(5,6)38-30/h8-9,11,13-17H,7,10,12H2,1-6H3. The fourth-order valence-electron chi connectivity index (χ4n) is 5.33. The highest BCUT2D eigenvalue weighted by Crippen LogP contribution is 2.37. The van der Waals surface area contributed by atoms with Crippen LogP contribution in [0, 0.1) is 5.82 Å². The first-order chi connectivity index (χ1) is 18.5. The highest BCUT2D eigenvalue weighted by Gasteiger charge is 2.51. The molecule has 1 saturated heterocycles. The smallest absolute Gasteiger partial charge is 0.399 e. The number of carbonyl (C=O) groups excluding carboxylic acids is 1. The Morgan fingerprint density at radius 3 is 2.59 bits per heavy atom. The molecule has 0 saturated carbocycles. The van der Waals surface area contributed by atoms with Gasteiger partial charge in [0.2, 0.25) is 0 Å². The van der Waals surface area contributed by atoms with E-state index in [4.69, 9.17) is 9.31 Å². The van der Waals surface area contributed by atoms with E-state index in [9.17, 15) is 4.79 Å². The molecule has 2 aliphatic rings. The van der Waals surface area contributed by atoms with Crippen LogP contribution in [-0.4, -0.2) is 50.3 Å². The van der Waals surface area contributed by atoms with Crippen molar-refractivity contribution in [3.05, 3.63) is 69.4 Å². The molecule has 7 nitrogen and oxygen atoms in total. The van der Waals surface area contributed by atoms with E-state index < -0.39 is 24.1 Å². The Labute approximate surface area is 232 Å². The molecule has 6 rings (SSSR count). The predicted octanol–water partition coefficient (Wildman–Crippen LogP) is 5.22. The molecule has 2 aliphatic heterocycles. The topological polar surface area (TPSA) is 69.0 Å². The third-order valence-electron chi connectivity index (χ3n) is 8.41. The maximum Gasteiger partial charge on any atom is 0.494 e. The number of rotatable bonds is 4. The number of fused-ring (bicyclic) bond motifs is 2. The molecule has 0 spiro atoms. The normalized spacial score (nSPS) is 20.0. The predicted molar refractivity (Wildman–Crippen MR) is 151 cm³/mol. The number of hydrogen-bond acceptors (Lipinski definition) is 6. The number of hydrogen-bond donors (Lipinski definition) is 0. The molecule has 1 aromatic carbocycles. The van der Waals surface area contributed by atoms with Crippen molar-refractivity contribution >= 4 is 35.5 Å². The van der Waals surface area contributed by atoms with E-state index in [1.807, 2.05) is 45.6 Å². The number of benzene rings is 1. The summed E-state index contributed by atoms with van der Waals surface area (Å²) in [5.41, 5.74) is 3.35. The van der Waals surface area contributed by atoms with Crippen LogP contribution in [0.2, 0.25) is 0 Å². The van der Waals surface area contributed by atoms with Gasteiger partial charge in [0.1, 0.15) is 11.5 Å². The second kappa shape index (κ2) is 9.25. The second-order valence-electron chi connectivity index (χ2n) is 11.3. The lowest BCUT2D eigenvalue weighted by Crippen LogP contribution is -2.41. The summed E-state index contributed by atoms with van der Waals surface area (Å²) in [4.78, 5) is 21.5. The van der Waals surface area contributed by atoms with Gasteiger partial charge in [0.25, 0.3) is 5.91 Å². The van der Waals surface area contributed by atoms with Crippen LogP contribution in [0.4, 0.5) is 4.39 Å². The number of carbonyl (C=O) groups is 1. The summed E-state index contributed by atoms with van der Waals surface area (Å²) in [6, 6.07) is 10.6. The Bertz CT molecular complexity index is 1580. The first-order valence-corrected chi connectivity index (χ1v) is 14.3. The summed E-state index contributed by atoms with van der Waals surface area (Å²) in [6.45, 7) is 12.6. The summed E-state index contributed by atoms with van der Waals surface area (Å²) in [5.74, 6) is -0.522. The van der Waals surface area contributed by atoms with Crippen LogP contribution in [0.3, 0.4) is 0 Å². The number of amides is 1. The lowest BCUT2D eigenvalue weighted by Gasteiger charge is -2.33. The minimum Gasteiger partial charge on any atom is -0.399 e. The Morgan fingerprint density at radius 2 is 1.90 bits per heavy atom. The zero-order valence-electron chi connectivity index (χ0n) is 23.1. The van der Waals surface area contributed by atoms with Gasteiger partial charge in [0.05, 0.1) is 22.9 Å². The van der Waals surface area contributed by atoms with E-state index in [1.54, 1.807) is 34.1 Å². The van der Waals surface area contributed by atoms with E-state index in [1.165, 1.54) is 16.5 Å². The third-order valence-corrected chi connectivity index (χ3v) is 9.41. The molecular formula is C29H32BFN4O3S. The monoisotopic (exact) mass is 546 g/mol. The molecule has 3 aromatic heterocycles. The Hall–Kier alpha value is -3.08. The van der Waals surface area contributed by atoms with E-state index in [-0.39, 0.29) is 11.9 Å². The average Bonchev–Trinajstić information content (AvgIpc) is 3.59. The average molecular weight is 546 g/mol. The summed E-state index contributed by atoms with van der Waals surface area (Å²) < 4.78 is 29.3. The Morgan fingerprint density at radius 1 is 1.15 bits per heavy atom. The lowest BCUT2D eigenvalue weighted by molar-refractivity contribution is 0.00578. The molecule has 1 fully saturated rings. The molecule has 202 valence electrons. The van der Waals surface area contributed by atoms with Gasteiger partial charge in [-0.15, -0.1) is 11.3 Å². The van der Waals surface area contributed by atoms with Crippen LogP contribution in [0.25, 0.3) is 16.9 Å². The molecule has 0 N–H and O–H groups in total. The highest BCUT2D eigenvalue weighted by atomic mass is 32.1. The van der Waals surface area contributed by atoms with Crippen molar-refractivity contribution in [3.8, 4) is 11.3 Å². The molecule has 39 heavy (non-hydrogen) atoms. The molecule has 1 amide bonds. The molecule has 5 heterocycles. The number of halogens is 1. The van der Waals surface area contributed by atoms with Crippen molar-refractivity contribution in [2.45, 2.75) is 71.6 Å². The van der Waals surface area contributed by atoms with Crippen LogP contribution in [0.1, 0.15) is 74.2 Å². The van der Waals surface area contributed by atoms with Gasteiger partial charge in [-0.05, 0) is 82.1 Å². The van der Waals surface area contributed by atoms with Gasteiger partial charge in [0, 0.05) is 28.7 Å². The van der Waals surface area contributed by atoms with Crippen molar-refractivity contribution in [1.82, 2.24) is 19.5 Å². The van der Waals surface area contributed by atoms with Crippen LogP contribution >= 0.6 is 11.3 Å². The number of thiophene rings is 1. The van der Waals surface area contributed by atoms with Gasteiger partial charge in [-0.3, -0.25) is 4.79 Å². The van der Waals surface area contributed by atoms with Crippen molar-refractivity contribution in [1.29, 1.82) is 0 Å². The molecule has 4 aromatic rings. The first kappa shape index (κ1) is 26.2. The van der Waals surface area contributed by atoms with Gasteiger partial charge >= 0.3 is 7.12 Å². The molecule has 10 heteroatoms. The van der Waals surface area contributed by atoms with E-state index in [0.717, 1.165) is 12.1 Å². The van der Waals surface area contributed by atoms with E-state index >= 15 is 4.39 Å². The summed E-state index contributed by atoms with van der Waals surface area (Å²) in [6.07, 6.45) is 1.50. The van der Waals surface area contributed by atoms with Crippen LogP contribution in [0.5, 0.6) is 0 Å². The number of aromatic nitrogens is 3. The third kappa shape index (κ3) is 4.29. The quantitative estimate of drug-likeness (QED) is 0.329. The fraction of sp³-hybridized carbons (Fsp3) is 0.414. The van der Waals surface area contributed by atoms with E-state index in [2.05, 4.69) is 28.5 Å². The molecule has 0 radical (unpaired) electrons. The summed E-state index contributed by atoms with van der Waals surface area (Å²) in [5, 5.41) is 6.75. The minimum absolute atomic E-state index is 0.00679. The van der Waals surface area contributed by atoms with Gasteiger partial charge in [-0.25, -0.2) is 13.9 Å². The minimum atomic E-state index is -0.649. The molecule has 0 bridgehead atoms. The lowest BCUT2D eigenvalue weighted by atomic mass is 9.78. The van der Waals surface area contributed by atoms with Gasteiger partial charge in [-0.1, -0.05) is 19.1 Å². The first-order valence-electron chi connectivity index (χ1n) is 13.4. The molecule has 1 unspecified atom stereocenters. The molecule has 1 atom stereocenters. The van der Waals surface area contributed by atoms with E-state index in [0.29, 0.717) is 41.0 Å². The zero-order valence-corrected chi connectivity index (χ0v) is 23.9. The Balaban J connectivity index is 1.31. The van der Waals surface area contributed by atoms with Gasteiger partial charge in [-0.2, -0.15) is 5.10 Å². The van der Waals surface area contributed by atoms with Gasteiger partial charge in [0.15, 0.2) is 5.65 Å². The summed E-state index contributed by atoms with van der Waals surface area (Å²) in [7, 11) is -0.649. The number of nitrogens with zero attached hydrogens (tertiary/aromatic N) is 4. The Kier molecular flexibility index (Phi) is 6.20. The molecular weight excluding hydrogens is 514 g/mol. The van der Waals surface area contributed by atoms with Crippen LogP contribution in [0.15, 0.2) is 41.8 Å². The molecule has 0 aliphatic carbocycles. The maximum absolute atomic E-state index is 15.4. The summed E-state index contributed by atoms with van der Waals surface area (Å²) >= 11 is 1.75. The zero-order chi connectivity index (χ0) is 27.7. The fourth-order valence-corrected chi connectivity index (χ4v) is 6.29. The second-order valence-corrected chi connectivity index (χ2v) is 12.3. The van der Waals surface area contributed by atoms with Crippen molar-refractivity contribution in [2.75, 3.05) is 6.54 Å². The maximum atomic E-state index is 15.4. The van der Waals surface area contributed by atoms with Crippen LogP contribution in [-0.2, 0) is 22.2 Å². The SMILES string of the molecule is CCc1cc(C(=O)N2CCc3sccc3C2C)nc2cc(-c3ccc(B4OC(C)(C)C(C)(C)O4)cc3F)nn12. The van der Waals surface area contributed by atoms with Gasteiger partial charge < -0.3 is 14.2 Å². The largest absolute Gasteiger partial charge is 0.494 e. The number of aryl methyl sites for hydroxylation is 1. The van der Waals surface area contributed by atoms with Crippen molar-refractivity contribution in [2.24, 2.45) is 0 Å². The van der Waals surface area contributed by atoms with Crippen molar-refractivity contribution < 1.29 is 18.5 Å². The highest BCUT2D eigenvalue weighted by molar-refractivity contribution is 7.10. The van der Waals surface area contributed by atoms with Crippen molar-refractivity contribution in [3.63, 3.8) is 0 Å². The van der Waals surface area contributed by atoms with Crippen LogP contribution < -0.4 is 5.46 Å².